The molecular formula is C21H23ClN4O2. The van der Waals surface area contributed by atoms with Crippen LogP contribution in [0.25, 0.3) is 0 Å². The third-order valence-electron chi connectivity index (χ3n) is 5.06. The molecule has 0 radical (unpaired) electrons. The molecule has 1 atom stereocenters. The number of rotatable bonds is 5. The zero-order valence-corrected chi connectivity index (χ0v) is 16.6. The summed E-state index contributed by atoms with van der Waals surface area (Å²) in [6, 6.07) is 7.58. The van der Waals surface area contributed by atoms with Crippen LogP contribution in [-0.4, -0.2) is 32.1 Å². The minimum Gasteiger partial charge on any atom is -0.443 e. The number of benzene rings is 1. The van der Waals surface area contributed by atoms with E-state index in [4.69, 9.17) is 16.0 Å². The van der Waals surface area contributed by atoms with Gasteiger partial charge in [-0.25, -0.2) is 4.98 Å². The lowest BCUT2D eigenvalue weighted by atomic mass is 10.0. The van der Waals surface area contributed by atoms with Crippen molar-refractivity contribution in [3.63, 3.8) is 0 Å². The van der Waals surface area contributed by atoms with Crippen LogP contribution in [0, 0.1) is 6.92 Å². The molecule has 3 heterocycles. The molecule has 3 aromatic rings. The van der Waals surface area contributed by atoms with Gasteiger partial charge in [0.1, 0.15) is 18.3 Å². The van der Waals surface area contributed by atoms with E-state index in [1.807, 2.05) is 42.3 Å². The van der Waals surface area contributed by atoms with Crippen molar-refractivity contribution in [3.8, 4) is 0 Å². The molecule has 6 nitrogen and oxygen atoms in total. The van der Waals surface area contributed by atoms with Gasteiger partial charge in [-0.1, -0.05) is 29.8 Å². The van der Waals surface area contributed by atoms with Gasteiger partial charge in [0.25, 0.3) is 0 Å². The van der Waals surface area contributed by atoms with E-state index in [-0.39, 0.29) is 18.5 Å². The molecule has 7 heteroatoms. The Morgan fingerprint density at radius 3 is 2.93 bits per heavy atom. The molecule has 4 rings (SSSR count). The maximum absolute atomic E-state index is 12.9. The summed E-state index contributed by atoms with van der Waals surface area (Å²) in [5, 5.41) is 4.94. The Morgan fingerprint density at radius 2 is 2.14 bits per heavy atom. The highest BCUT2D eigenvalue weighted by Gasteiger charge is 2.31. The number of aromatic nitrogens is 3. The predicted molar refractivity (Wildman–Crippen MR) is 106 cm³/mol. The molecule has 1 aromatic carbocycles. The van der Waals surface area contributed by atoms with Gasteiger partial charge in [-0.15, -0.1) is 0 Å². The number of likely N-dealkylation sites (tertiary alicyclic amines) is 1. The molecule has 1 amide bonds. The topological polar surface area (TPSA) is 64.2 Å². The molecule has 146 valence electrons. The van der Waals surface area contributed by atoms with Gasteiger partial charge in [0.2, 0.25) is 11.8 Å². The summed E-state index contributed by atoms with van der Waals surface area (Å²) in [7, 11) is 0. The van der Waals surface area contributed by atoms with Crippen molar-refractivity contribution in [1.29, 1.82) is 0 Å². The largest absolute Gasteiger partial charge is 0.443 e. The summed E-state index contributed by atoms with van der Waals surface area (Å²) in [6.07, 6.45) is 8.87. The van der Waals surface area contributed by atoms with Gasteiger partial charge in [-0.2, -0.15) is 5.10 Å². The fraction of sp³-hybridized carbons (Fsp3) is 0.381. The van der Waals surface area contributed by atoms with Crippen LogP contribution >= 0.6 is 11.6 Å². The van der Waals surface area contributed by atoms with Crippen molar-refractivity contribution >= 4 is 17.5 Å². The van der Waals surface area contributed by atoms with Crippen molar-refractivity contribution in [2.75, 3.05) is 6.54 Å². The van der Waals surface area contributed by atoms with Crippen molar-refractivity contribution in [2.24, 2.45) is 0 Å². The van der Waals surface area contributed by atoms with Gasteiger partial charge in [0.05, 0.1) is 12.4 Å². The maximum atomic E-state index is 12.9. The number of carbonyl (C=O) groups is 1. The molecule has 1 aliphatic heterocycles. The SMILES string of the molecule is Cc1cnn(CC(=O)N2CCCCC2c2ncc(Cc3ccccc3Cl)o2)c1. The van der Waals surface area contributed by atoms with Crippen molar-refractivity contribution < 1.29 is 9.21 Å². The summed E-state index contributed by atoms with van der Waals surface area (Å²) >= 11 is 6.25. The normalized spacial score (nSPS) is 17.1. The van der Waals surface area contributed by atoms with Gasteiger partial charge >= 0.3 is 0 Å². The maximum Gasteiger partial charge on any atom is 0.244 e. The molecule has 0 N–H and O–H groups in total. The van der Waals surface area contributed by atoms with E-state index in [2.05, 4.69) is 10.1 Å². The first-order valence-electron chi connectivity index (χ1n) is 9.56. The van der Waals surface area contributed by atoms with Gasteiger partial charge in [0, 0.05) is 24.2 Å². The Bertz CT molecular complexity index is 965. The van der Waals surface area contributed by atoms with E-state index in [9.17, 15) is 4.79 Å². The van der Waals surface area contributed by atoms with Crippen molar-refractivity contribution in [1.82, 2.24) is 19.7 Å². The van der Waals surface area contributed by atoms with Crippen LogP contribution < -0.4 is 0 Å². The third kappa shape index (κ3) is 4.12. The van der Waals surface area contributed by atoms with Crippen LogP contribution in [-0.2, 0) is 17.8 Å². The summed E-state index contributed by atoms with van der Waals surface area (Å²) < 4.78 is 7.71. The highest BCUT2D eigenvalue weighted by Crippen LogP contribution is 2.31. The molecule has 1 fully saturated rings. The molecule has 1 saturated heterocycles. The van der Waals surface area contributed by atoms with E-state index in [1.165, 1.54) is 0 Å². The van der Waals surface area contributed by atoms with Gasteiger partial charge in [-0.3, -0.25) is 9.48 Å². The quantitative estimate of drug-likeness (QED) is 0.646. The molecule has 1 unspecified atom stereocenters. The number of amides is 1. The van der Waals surface area contributed by atoms with Crippen LogP contribution in [0.1, 0.15) is 48.1 Å². The van der Waals surface area contributed by atoms with Gasteiger partial charge in [-0.05, 0) is 43.4 Å². The summed E-state index contributed by atoms with van der Waals surface area (Å²) in [5.41, 5.74) is 2.04. The molecule has 0 aliphatic carbocycles. The molecule has 2 aromatic heterocycles. The number of piperidine rings is 1. The smallest absolute Gasteiger partial charge is 0.244 e. The number of aryl methyl sites for hydroxylation is 1. The lowest BCUT2D eigenvalue weighted by Crippen LogP contribution is -2.40. The van der Waals surface area contributed by atoms with Crippen molar-refractivity contribution in [3.05, 3.63) is 70.7 Å². The lowest BCUT2D eigenvalue weighted by molar-refractivity contribution is -0.136. The Kier molecular flexibility index (Phi) is 5.48. The number of oxazole rings is 1. The fourth-order valence-corrected chi connectivity index (χ4v) is 3.86. The zero-order chi connectivity index (χ0) is 19.5. The molecule has 1 aliphatic rings. The molecule has 0 saturated carbocycles. The monoisotopic (exact) mass is 398 g/mol. The first-order valence-corrected chi connectivity index (χ1v) is 9.94. The van der Waals surface area contributed by atoms with Crippen LogP contribution in [0.3, 0.4) is 0 Å². The second-order valence-electron chi connectivity index (χ2n) is 7.25. The van der Waals surface area contributed by atoms with E-state index in [0.717, 1.165) is 36.1 Å². The molecular weight excluding hydrogens is 376 g/mol. The minimum atomic E-state index is -0.127. The number of nitrogens with zero attached hydrogens (tertiary/aromatic N) is 4. The van der Waals surface area contributed by atoms with Crippen LogP contribution in [0.2, 0.25) is 5.02 Å². The van der Waals surface area contributed by atoms with E-state index in [1.54, 1.807) is 17.1 Å². The number of hydrogen-bond acceptors (Lipinski definition) is 4. The summed E-state index contributed by atoms with van der Waals surface area (Å²) in [4.78, 5) is 19.2. The second-order valence-corrected chi connectivity index (χ2v) is 7.65. The number of hydrogen-bond donors (Lipinski definition) is 0. The molecule has 28 heavy (non-hydrogen) atoms. The Labute approximate surface area is 169 Å². The third-order valence-corrected chi connectivity index (χ3v) is 5.43. The van der Waals surface area contributed by atoms with E-state index >= 15 is 0 Å². The minimum absolute atomic E-state index is 0.0404. The Morgan fingerprint density at radius 1 is 1.29 bits per heavy atom. The summed E-state index contributed by atoms with van der Waals surface area (Å²) in [5.74, 6) is 1.40. The Hall–Kier alpha value is -2.60. The van der Waals surface area contributed by atoms with Crippen LogP contribution in [0.4, 0.5) is 0 Å². The fourth-order valence-electron chi connectivity index (χ4n) is 3.66. The standard InChI is InChI=1S/C21H23ClN4O2/c1-15-11-24-25(13-15)14-20(27)26-9-5-4-8-19(26)21-23-12-17(28-21)10-16-6-2-3-7-18(16)22/h2-3,6-7,11-13,19H,4-5,8-10,14H2,1H3. The van der Waals surface area contributed by atoms with E-state index in [0.29, 0.717) is 23.9 Å². The predicted octanol–water partition coefficient (Wildman–Crippen LogP) is 4.18. The van der Waals surface area contributed by atoms with Gasteiger partial charge < -0.3 is 9.32 Å². The number of halogens is 1. The van der Waals surface area contributed by atoms with Gasteiger partial charge in [0.15, 0.2) is 0 Å². The average molecular weight is 399 g/mol. The van der Waals surface area contributed by atoms with Crippen LogP contribution in [0.15, 0.2) is 47.3 Å². The molecule has 0 spiro atoms. The number of carbonyl (C=O) groups excluding carboxylic acids is 1. The zero-order valence-electron chi connectivity index (χ0n) is 15.8. The lowest BCUT2D eigenvalue weighted by Gasteiger charge is -2.33. The highest BCUT2D eigenvalue weighted by molar-refractivity contribution is 6.31. The van der Waals surface area contributed by atoms with Crippen LogP contribution in [0.5, 0.6) is 0 Å². The first kappa shape index (κ1) is 18.7. The highest BCUT2D eigenvalue weighted by atomic mass is 35.5. The second kappa shape index (κ2) is 8.19. The average Bonchev–Trinajstić information content (AvgIpc) is 3.32. The Balaban J connectivity index is 1.49. The van der Waals surface area contributed by atoms with E-state index < -0.39 is 0 Å². The van der Waals surface area contributed by atoms with Crippen molar-refractivity contribution in [2.45, 2.75) is 45.2 Å². The summed E-state index contributed by atoms with van der Waals surface area (Å²) in [6.45, 7) is 2.91. The first-order chi connectivity index (χ1) is 13.6. The molecule has 0 bridgehead atoms.